The van der Waals surface area contributed by atoms with Crippen LogP contribution in [-0.2, 0) is 0 Å². The Balaban J connectivity index is 2.44. The summed E-state index contributed by atoms with van der Waals surface area (Å²) in [4.78, 5) is 0. The lowest BCUT2D eigenvalue weighted by Crippen LogP contribution is -2.02. The van der Waals surface area contributed by atoms with Crippen LogP contribution in [0.5, 0.6) is 5.75 Å². The number of methoxy groups -OCH3 is 1. The maximum atomic E-state index is 10.5. The molecule has 0 heterocycles. The van der Waals surface area contributed by atoms with Gasteiger partial charge in [0.2, 0.25) is 0 Å². The van der Waals surface area contributed by atoms with Gasteiger partial charge in [-0.05, 0) is 39.7 Å². The normalized spacial score (nSPS) is 12.3. The van der Waals surface area contributed by atoms with Crippen molar-refractivity contribution in [2.24, 2.45) is 0 Å². The van der Waals surface area contributed by atoms with Crippen molar-refractivity contribution in [3.63, 3.8) is 0 Å². The highest BCUT2D eigenvalue weighted by Crippen LogP contribution is 2.36. The third-order valence-corrected chi connectivity index (χ3v) is 4.78. The van der Waals surface area contributed by atoms with Crippen LogP contribution in [0.4, 0.5) is 0 Å². The van der Waals surface area contributed by atoms with Gasteiger partial charge in [0.05, 0.1) is 12.1 Å². The molecule has 0 aliphatic heterocycles. The number of hydrogen-bond donors (Lipinski definition) is 1. The highest BCUT2D eigenvalue weighted by molar-refractivity contribution is 9.10. The van der Waals surface area contributed by atoms with Gasteiger partial charge in [-0.15, -0.1) is 0 Å². The maximum absolute atomic E-state index is 10.5. The molecule has 0 amide bonds. The molecule has 0 spiro atoms. The average Bonchev–Trinajstić information content (AvgIpc) is 2.41. The van der Waals surface area contributed by atoms with Crippen molar-refractivity contribution in [3.8, 4) is 5.75 Å². The van der Waals surface area contributed by atoms with Crippen molar-refractivity contribution < 1.29 is 9.84 Å². The molecule has 1 unspecified atom stereocenters. The van der Waals surface area contributed by atoms with E-state index in [2.05, 4.69) is 31.9 Å². The Morgan fingerprint density at radius 3 is 2.47 bits per heavy atom. The molecule has 0 aromatic heterocycles. The minimum atomic E-state index is -0.801. The van der Waals surface area contributed by atoms with Crippen LogP contribution in [0.3, 0.4) is 0 Å². The van der Waals surface area contributed by atoms with Crippen LogP contribution in [0, 0.1) is 0 Å². The van der Waals surface area contributed by atoms with E-state index in [-0.39, 0.29) is 0 Å². The Hall–Kier alpha value is -0.550. The lowest BCUT2D eigenvalue weighted by Gasteiger charge is -2.16. The van der Waals surface area contributed by atoms with Gasteiger partial charge in [-0.1, -0.05) is 45.7 Å². The van der Waals surface area contributed by atoms with Gasteiger partial charge >= 0.3 is 0 Å². The van der Waals surface area contributed by atoms with Crippen molar-refractivity contribution >= 4 is 43.5 Å². The third-order valence-electron chi connectivity index (χ3n) is 2.78. The van der Waals surface area contributed by atoms with Gasteiger partial charge in [0.1, 0.15) is 11.9 Å². The summed E-state index contributed by atoms with van der Waals surface area (Å²) in [6, 6.07) is 10.9. The van der Waals surface area contributed by atoms with E-state index in [1.54, 1.807) is 19.2 Å². The summed E-state index contributed by atoms with van der Waals surface area (Å²) in [5.74, 6) is 0.725. The van der Waals surface area contributed by atoms with Gasteiger partial charge in [0.15, 0.2) is 0 Å². The molecular weight excluding hydrogens is 395 g/mol. The van der Waals surface area contributed by atoms with Crippen molar-refractivity contribution in [2.45, 2.75) is 6.10 Å². The molecule has 1 N–H and O–H groups in total. The summed E-state index contributed by atoms with van der Waals surface area (Å²) in [5, 5.41) is 11.0. The molecule has 2 aromatic rings. The van der Waals surface area contributed by atoms with E-state index in [0.717, 1.165) is 20.3 Å². The fourth-order valence-electron chi connectivity index (χ4n) is 1.76. The SMILES string of the molecule is COc1ccc(C(O)c2cccc(Br)c2Cl)c(Br)c1. The molecule has 0 fully saturated rings. The molecule has 2 rings (SSSR count). The fourth-order valence-corrected chi connectivity index (χ4v) is 2.94. The van der Waals surface area contributed by atoms with Gasteiger partial charge in [-0.3, -0.25) is 0 Å². The summed E-state index contributed by atoms with van der Waals surface area (Å²) in [6.45, 7) is 0. The number of hydrogen-bond acceptors (Lipinski definition) is 2. The molecule has 0 bridgehead atoms. The zero-order valence-electron chi connectivity index (χ0n) is 10.0. The second-order valence-corrected chi connectivity index (χ2v) is 6.02. The van der Waals surface area contributed by atoms with Crippen LogP contribution in [0.1, 0.15) is 17.2 Å². The minimum Gasteiger partial charge on any atom is -0.497 e. The van der Waals surface area contributed by atoms with Crippen LogP contribution in [0.25, 0.3) is 0 Å². The molecule has 0 aliphatic carbocycles. The van der Waals surface area contributed by atoms with Crippen LogP contribution >= 0.6 is 43.5 Å². The number of aliphatic hydroxyl groups excluding tert-OH is 1. The highest BCUT2D eigenvalue weighted by atomic mass is 79.9. The van der Waals surface area contributed by atoms with Crippen molar-refractivity contribution in [1.29, 1.82) is 0 Å². The van der Waals surface area contributed by atoms with Crippen molar-refractivity contribution in [1.82, 2.24) is 0 Å². The minimum absolute atomic E-state index is 0.512. The zero-order chi connectivity index (χ0) is 14.0. The predicted molar refractivity (Wildman–Crippen MR) is 83.9 cm³/mol. The second kappa shape index (κ2) is 6.27. The molecule has 0 saturated carbocycles. The van der Waals surface area contributed by atoms with E-state index in [1.165, 1.54) is 0 Å². The summed E-state index contributed by atoms with van der Waals surface area (Å²) in [5.41, 5.74) is 1.39. The Morgan fingerprint density at radius 1 is 1.11 bits per heavy atom. The first-order valence-corrected chi connectivity index (χ1v) is 7.46. The van der Waals surface area contributed by atoms with E-state index >= 15 is 0 Å². The maximum Gasteiger partial charge on any atom is 0.120 e. The molecule has 0 radical (unpaired) electrons. The number of rotatable bonds is 3. The molecule has 2 nitrogen and oxygen atoms in total. The van der Waals surface area contributed by atoms with E-state index < -0.39 is 6.10 Å². The topological polar surface area (TPSA) is 29.5 Å². The first-order valence-electron chi connectivity index (χ1n) is 5.50. The average molecular weight is 407 g/mol. The Kier molecular flexibility index (Phi) is 4.90. The molecular formula is C14H11Br2ClO2. The largest absolute Gasteiger partial charge is 0.497 e. The Labute approximate surface area is 133 Å². The van der Waals surface area contributed by atoms with Crippen LogP contribution in [-0.4, -0.2) is 12.2 Å². The third kappa shape index (κ3) is 3.14. The van der Waals surface area contributed by atoms with Gasteiger partial charge in [0, 0.05) is 14.5 Å². The number of halogens is 3. The summed E-state index contributed by atoms with van der Waals surface area (Å²) >= 11 is 13.0. The van der Waals surface area contributed by atoms with E-state index in [4.69, 9.17) is 16.3 Å². The first-order chi connectivity index (χ1) is 9.04. The van der Waals surface area contributed by atoms with E-state index in [0.29, 0.717) is 10.6 Å². The van der Waals surface area contributed by atoms with Crippen LogP contribution in [0.15, 0.2) is 45.3 Å². The van der Waals surface area contributed by atoms with E-state index in [1.807, 2.05) is 24.3 Å². The van der Waals surface area contributed by atoms with Gasteiger partial charge in [-0.2, -0.15) is 0 Å². The smallest absolute Gasteiger partial charge is 0.120 e. The lowest BCUT2D eigenvalue weighted by atomic mass is 10.0. The van der Waals surface area contributed by atoms with Gasteiger partial charge < -0.3 is 9.84 Å². The molecule has 100 valence electrons. The quantitative estimate of drug-likeness (QED) is 0.781. The van der Waals surface area contributed by atoms with Crippen LogP contribution in [0.2, 0.25) is 5.02 Å². The number of aliphatic hydroxyl groups is 1. The predicted octanol–water partition coefficient (Wildman–Crippen LogP) is 4.96. The molecule has 19 heavy (non-hydrogen) atoms. The molecule has 1 atom stereocenters. The summed E-state index contributed by atoms with van der Waals surface area (Å²) in [6.07, 6.45) is -0.801. The Bertz CT molecular complexity index is 602. The molecule has 0 saturated heterocycles. The molecule has 5 heteroatoms. The number of benzene rings is 2. The lowest BCUT2D eigenvalue weighted by molar-refractivity contribution is 0.219. The first kappa shape index (κ1) is 14.9. The second-order valence-electron chi connectivity index (χ2n) is 3.93. The fraction of sp³-hybridized carbons (Fsp3) is 0.143. The van der Waals surface area contributed by atoms with Crippen LogP contribution < -0.4 is 4.74 Å². The monoisotopic (exact) mass is 404 g/mol. The highest BCUT2D eigenvalue weighted by Gasteiger charge is 2.18. The molecule has 2 aromatic carbocycles. The Morgan fingerprint density at radius 2 is 1.84 bits per heavy atom. The van der Waals surface area contributed by atoms with Gasteiger partial charge in [-0.25, -0.2) is 0 Å². The summed E-state index contributed by atoms with van der Waals surface area (Å²) in [7, 11) is 1.60. The summed E-state index contributed by atoms with van der Waals surface area (Å²) < 4.78 is 6.67. The number of ether oxygens (including phenoxy) is 1. The van der Waals surface area contributed by atoms with Crippen molar-refractivity contribution in [3.05, 3.63) is 61.5 Å². The van der Waals surface area contributed by atoms with Crippen molar-refractivity contribution in [2.75, 3.05) is 7.11 Å². The standard InChI is InChI=1S/C14H11Br2ClO2/c1-19-8-5-6-9(12(16)7-8)14(18)10-3-2-4-11(15)13(10)17/h2-7,14,18H,1H3. The van der Waals surface area contributed by atoms with E-state index in [9.17, 15) is 5.11 Å². The van der Waals surface area contributed by atoms with Gasteiger partial charge in [0.25, 0.3) is 0 Å². The molecule has 0 aliphatic rings. The zero-order valence-corrected chi connectivity index (χ0v) is 14.0.